The standard InChI is InChI=1S/C11H12ClN5/c12-6-9-2-1-3-10(14-9)16-4-5-17-8-13-15-11(17)7-16/h1-3,8H,4-7H2. The maximum absolute atomic E-state index is 5.79. The van der Waals surface area contributed by atoms with E-state index in [4.69, 9.17) is 11.6 Å². The van der Waals surface area contributed by atoms with Crippen LogP contribution in [0.1, 0.15) is 11.5 Å². The highest BCUT2D eigenvalue weighted by atomic mass is 35.5. The molecule has 5 nitrogen and oxygen atoms in total. The number of halogens is 1. The van der Waals surface area contributed by atoms with E-state index in [1.165, 1.54) is 0 Å². The van der Waals surface area contributed by atoms with Crippen LogP contribution in [0.4, 0.5) is 5.82 Å². The lowest BCUT2D eigenvalue weighted by atomic mass is 10.3. The molecule has 0 spiro atoms. The molecule has 0 atom stereocenters. The van der Waals surface area contributed by atoms with Gasteiger partial charge >= 0.3 is 0 Å². The second-order valence-electron chi connectivity index (χ2n) is 3.98. The minimum Gasteiger partial charge on any atom is -0.347 e. The fourth-order valence-electron chi connectivity index (χ4n) is 1.98. The van der Waals surface area contributed by atoms with Crippen molar-refractivity contribution < 1.29 is 0 Å². The first-order valence-corrected chi connectivity index (χ1v) is 6.04. The summed E-state index contributed by atoms with van der Waals surface area (Å²) in [5.74, 6) is 2.38. The summed E-state index contributed by atoms with van der Waals surface area (Å²) in [4.78, 5) is 6.70. The molecule has 0 aromatic carbocycles. The topological polar surface area (TPSA) is 46.8 Å². The Morgan fingerprint density at radius 3 is 3.12 bits per heavy atom. The zero-order valence-corrected chi connectivity index (χ0v) is 10.0. The zero-order chi connectivity index (χ0) is 11.7. The summed E-state index contributed by atoms with van der Waals surface area (Å²) >= 11 is 5.79. The van der Waals surface area contributed by atoms with E-state index < -0.39 is 0 Å². The molecule has 0 radical (unpaired) electrons. The molecule has 0 N–H and O–H groups in total. The first-order valence-electron chi connectivity index (χ1n) is 5.50. The van der Waals surface area contributed by atoms with Crippen LogP contribution in [0.5, 0.6) is 0 Å². The molecule has 88 valence electrons. The van der Waals surface area contributed by atoms with Crippen LogP contribution in [0.2, 0.25) is 0 Å². The monoisotopic (exact) mass is 249 g/mol. The number of pyridine rings is 1. The van der Waals surface area contributed by atoms with Gasteiger partial charge in [0.25, 0.3) is 0 Å². The molecular weight excluding hydrogens is 238 g/mol. The summed E-state index contributed by atoms with van der Waals surface area (Å²) < 4.78 is 2.07. The average Bonchev–Trinajstić information content (AvgIpc) is 2.86. The van der Waals surface area contributed by atoms with E-state index in [2.05, 4.69) is 24.6 Å². The van der Waals surface area contributed by atoms with Crippen LogP contribution in [0.25, 0.3) is 0 Å². The second kappa shape index (κ2) is 4.33. The summed E-state index contributed by atoms with van der Waals surface area (Å²) in [6, 6.07) is 5.92. The van der Waals surface area contributed by atoms with Gasteiger partial charge in [0.15, 0.2) is 5.82 Å². The smallest absolute Gasteiger partial charge is 0.152 e. The van der Waals surface area contributed by atoms with Crippen molar-refractivity contribution >= 4 is 17.4 Å². The van der Waals surface area contributed by atoms with E-state index in [9.17, 15) is 0 Å². The van der Waals surface area contributed by atoms with E-state index in [1.54, 1.807) is 6.33 Å². The maximum atomic E-state index is 5.79. The molecule has 0 bridgehead atoms. The Kier molecular flexibility index (Phi) is 2.68. The first kappa shape index (κ1) is 10.5. The van der Waals surface area contributed by atoms with Crippen molar-refractivity contribution in [1.29, 1.82) is 0 Å². The van der Waals surface area contributed by atoms with Crippen LogP contribution in [-0.2, 0) is 19.0 Å². The van der Waals surface area contributed by atoms with Gasteiger partial charge in [-0.3, -0.25) is 0 Å². The predicted octanol–water partition coefficient (Wildman–Crippen LogP) is 1.43. The molecule has 2 aromatic rings. The van der Waals surface area contributed by atoms with Crippen LogP contribution < -0.4 is 4.90 Å². The van der Waals surface area contributed by atoms with E-state index >= 15 is 0 Å². The summed E-state index contributed by atoms with van der Waals surface area (Å²) in [6.07, 6.45) is 1.77. The number of anilines is 1. The third-order valence-corrected chi connectivity index (χ3v) is 3.17. The van der Waals surface area contributed by atoms with Gasteiger partial charge in [-0.05, 0) is 12.1 Å². The lowest BCUT2D eigenvalue weighted by Gasteiger charge is -2.28. The SMILES string of the molecule is ClCc1cccc(N2CCn3cnnc3C2)n1. The molecule has 2 aromatic heterocycles. The minimum atomic E-state index is 0.442. The highest BCUT2D eigenvalue weighted by Crippen LogP contribution is 2.18. The molecule has 0 aliphatic carbocycles. The first-order chi connectivity index (χ1) is 8.36. The van der Waals surface area contributed by atoms with Crippen molar-refractivity contribution in [3.8, 4) is 0 Å². The maximum Gasteiger partial charge on any atom is 0.152 e. The fourth-order valence-corrected chi connectivity index (χ4v) is 2.13. The lowest BCUT2D eigenvalue weighted by Crippen LogP contribution is -2.34. The third-order valence-electron chi connectivity index (χ3n) is 2.89. The molecule has 0 fully saturated rings. The summed E-state index contributed by atoms with van der Waals surface area (Å²) in [5, 5.41) is 8.00. The normalized spacial score (nSPS) is 14.8. The lowest BCUT2D eigenvalue weighted by molar-refractivity contribution is 0.556. The number of hydrogen-bond donors (Lipinski definition) is 0. The number of nitrogens with zero attached hydrogens (tertiary/aromatic N) is 5. The van der Waals surface area contributed by atoms with Gasteiger partial charge in [0.2, 0.25) is 0 Å². The predicted molar refractivity (Wildman–Crippen MR) is 64.9 cm³/mol. The second-order valence-corrected chi connectivity index (χ2v) is 4.25. The Balaban J connectivity index is 1.86. The average molecular weight is 250 g/mol. The Bertz CT molecular complexity index is 524. The Morgan fingerprint density at radius 2 is 2.24 bits per heavy atom. The number of fused-ring (bicyclic) bond motifs is 1. The minimum absolute atomic E-state index is 0.442. The largest absolute Gasteiger partial charge is 0.347 e. The van der Waals surface area contributed by atoms with Crippen molar-refractivity contribution in [2.75, 3.05) is 11.4 Å². The summed E-state index contributed by atoms with van der Waals surface area (Å²) in [7, 11) is 0. The molecule has 6 heteroatoms. The molecule has 0 amide bonds. The molecule has 3 heterocycles. The van der Waals surface area contributed by atoms with Crippen LogP contribution in [0, 0.1) is 0 Å². The van der Waals surface area contributed by atoms with E-state index in [0.717, 1.165) is 37.0 Å². The number of hydrogen-bond acceptors (Lipinski definition) is 4. The highest BCUT2D eigenvalue weighted by molar-refractivity contribution is 6.16. The Hall–Kier alpha value is -1.62. The van der Waals surface area contributed by atoms with Crippen molar-refractivity contribution in [2.24, 2.45) is 0 Å². The Labute approximate surface area is 104 Å². The van der Waals surface area contributed by atoms with Crippen LogP contribution >= 0.6 is 11.6 Å². The zero-order valence-electron chi connectivity index (χ0n) is 9.25. The van der Waals surface area contributed by atoms with Gasteiger partial charge < -0.3 is 9.47 Å². The Morgan fingerprint density at radius 1 is 1.29 bits per heavy atom. The van der Waals surface area contributed by atoms with Gasteiger partial charge in [0.05, 0.1) is 18.1 Å². The van der Waals surface area contributed by atoms with E-state index in [0.29, 0.717) is 5.88 Å². The number of rotatable bonds is 2. The van der Waals surface area contributed by atoms with Gasteiger partial charge in [-0.25, -0.2) is 4.98 Å². The number of aromatic nitrogens is 4. The molecule has 0 unspecified atom stereocenters. The molecule has 0 saturated heterocycles. The van der Waals surface area contributed by atoms with Crippen molar-refractivity contribution in [2.45, 2.75) is 19.0 Å². The van der Waals surface area contributed by atoms with Gasteiger partial charge in [-0.15, -0.1) is 21.8 Å². The van der Waals surface area contributed by atoms with Crippen LogP contribution in [0.15, 0.2) is 24.5 Å². The van der Waals surface area contributed by atoms with Gasteiger partial charge in [-0.2, -0.15) is 0 Å². The van der Waals surface area contributed by atoms with Gasteiger partial charge in [0.1, 0.15) is 12.1 Å². The summed E-state index contributed by atoms with van der Waals surface area (Å²) in [5.41, 5.74) is 0.899. The quantitative estimate of drug-likeness (QED) is 0.756. The molecule has 1 aliphatic rings. The molecule has 17 heavy (non-hydrogen) atoms. The van der Waals surface area contributed by atoms with Gasteiger partial charge in [0, 0.05) is 13.1 Å². The van der Waals surface area contributed by atoms with Crippen molar-refractivity contribution in [1.82, 2.24) is 19.7 Å². The third kappa shape index (κ3) is 1.98. The molecular formula is C11H12ClN5. The molecule has 3 rings (SSSR count). The number of alkyl halides is 1. The van der Waals surface area contributed by atoms with Crippen molar-refractivity contribution in [3.63, 3.8) is 0 Å². The molecule has 1 aliphatic heterocycles. The highest BCUT2D eigenvalue weighted by Gasteiger charge is 2.18. The fraction of sp³-hybridized carbons (Fsp3) is 0.364. The van der Waals surface area contributed by atoms with Crippen LogP contribution in [0.3, 0.4) is 0 Å². The van der Waals surface area contributed by atoms with E-state index in [1.807, 2.05) is 18.2 Å². The molecule has 0 saturated carbocycles. The summed E-state index contributed by atoms with van der Waals surface area (Å²) in [6.45, 7) is 2.57. The van der Waals surface area contributed by atoms with Gasteiger partial charge in [-0.1, -0.05) is 6.07 Å². The van der Waals surface area contributed by atoms with E-state index in [-0.39, 0.29) is 0 Å². The van der Waals surface area contributed by atoms with Crippen LogP contribution in [-0.4, -0.2) is 26.3 Å². The van der Waals surface area contributed by atoms with Crippen molar-refractivity contribution in [3.05, 3.63) is 36.0 Å².